The number of amides is 1. The van der Waals surface area contributed by atoms with Gasteiger partial charge in [-0.3, -0.25) is 10.0 Å². The van der Waals surface area contributed by atoms with Crippen LogP contribution in [0.2, 0.25) is 0 Å². The van der Waals surface area contributed by atoms with Gasteiger partial charge in [-0.15, -0.1) is 11.3 Å². The van der Waals surface area contributed by atoms with Gasteiger partial charge in [-0.25, -0.2) is 5.48 Å². The first kappa shape index (κ1) is 17.6. The number of hydroxylamine groups is 1. The van der Waals surface area contributed by atoms with E-state index in [0.29, 0.717) is 6.42 Å². The molecular weight excluding hydrogens is 330 g/mol. The summed E-state index contributed by atoms with van der Waals surface area (Å²) in [5.74, 6) is -0.302. The second-order valence-corrected chi connectivity index (χ2v) is 7.37. The van der Waals surface area contributed by atoms with E-state index in [2.05, 4.69) is 54.6 Å². The number of aryl methyl sites for hydroxylation is 1. The van der Waals surface area contributed by atoms with Gasteiger partial charge >= 0.3 is 0 Å². The average molecular weight is 353 g/mol. The Bertz CT molecular complexity index is 772. The zero-order valence-electron chi connectivity index (χ0n) is 14.2. The Morgan fingerprint density at radius 3 is 2.76 bits per heavy atom. The van der Waals surface area contributed by atoms with E-state index in [-0.39, 0.29) is 5.91 Å². The molecule has 0 radical (unpaired) electrons. The quantitative estimate of drug-likeness (QED) is 0.411. The zero-order chi connectivity index (χ0) is 17.5. The lowest BCUT2D eigenvalue weighted by molar-refractivity contribution is -0.129. The Balaban J connectivity index is 1.53. The molecule has 0 saturated heterocycles. The molecule has 130 valence electrons. The number of allylic oxidation sites excluding steroid dienone is 3. The maximum absolute atomic E-state index is 10.9. The molecule has 0 atom stereocenters. The first-order valence-electron chi connectivity index (χ1n) is 8.74. The molecule has 1 aromatic heterocycles. The van der Waals surface area contributed by atoms with Crippen molar-refractivity contribution in [2.75, 3.05) is 0 Å². The van der Waals surface area contributed by atoms with Crippen LogP contribution in [0, 0.1) is 0 Å². The number of fused-ring (bicyclic) bond motifs is 1. The van der Waals surface area contributed by atoms with Gasteiger partial charge in [0.2, 0.25) is 5.91 Å². The molecule has 0 saturated carbocycles. The van der Waals surface area contributed by atoms with Crippen LogP contribution < -0.4 is 5.48 Å². The van der Waals surface area contributed by atoms with Gasteiger partial charge in [-0.05, 0) is 54.5 Å². The van der Waals surface area contributed by atoms with E-state index in [0.717, 1.165) is 32.1 Å². The summed E-state index contributed by atoms with van der Waals surface area (Å²) in [6.07, 6.45) is 13.9. The Labute approximate surface area is 152 Å². The molecule has 1 aromatic carbocycles. The molecule has 0 spiro atoms. The molecule has 25 heavy (non-hydrogen) atoms. The van der Waals surface area contributed by atoms with Crippen molar-refractivity contribution in [1.82, 2.24) is 5.48 Å². The minimum atomic E-state index is -0.302. The molecule has 0 aliphatic heterocycles. The number of hydrogen-bond acceptors (Lipinski definition) is 3. The van der Waals surface area contributed by atoms with Gasteiger partial charge < -0.3 is 0 Å². The van der Waals surface area contributed by atoms with Gasteiger partial charge in [0.05, 0.1) is 0 Å². The lowest BCUT2D eigenvalue weighted by atomic mass is 10.0. The third-order valence-corrected chi connectivity index (χ3v) is 5.60. The molecular formula is C21H23NO2S. The number of nitrogens with one attached hydrogen (secondary N) is 1. The highest BCUT2D eigenvalue weighted by atomic mass is 32.1. The minimum absolute atomic E-state index is 0.302. The predicted octanol–water partition coefficient (Wildman–Crippen LogP) is 5.15. The molecule has 1 aliphatic rings. The lowest BCUT2D eigenvalue weighted by Crippen LogP contribution is -2.17. The van der Waals surface area contributed by atoms with E-state index in [4.69, 9.17) is 5.21 Å². The number of hydrogen-bond donors (Lipinski definition) is 2. The van der Waals surface area contributed by atoms with Crippen LogP contribution in [-0.4, -0.2) is 11.1 Å². The highest BCUT2D eigenvalue weighted by molar-refractivity contribution is 7.16. The fraction of sp³-hybridized carbons (Fsp3) is 0.286. The molecule has 1 amide bonds. The number of carbonyl (C=O) groups excluding carboxylic acids is 1. The van der Waals surface area contributed by atoms with Gasteiger partial charge in [-0.2, -0.15) is 0 Å². The summed E-state index contributed by atoms with van der Waals surface area (Å²) in [5, 5.41) is 8.45. The van der Waals surface area contributed by atoms with E-state index in [9.17, 15) is 4.79 Å². The van der Waals surface area contributed by atoms with Crippen molar-refractivity contribution in [3.05, 3.63) is 64.6 Å². The first-order valence-corrected chi connectivity index (χ1v) is 9.56. The maximum atomic E-state index is 10.9. The van der Waals surface area contributed by atoms with E-state index >= 15 is 0 Å². The Hall–Kier alpha value is -2.17. The van der Waals surface area contributed by atoms with Crippen LogP contribution >= 0.6 is 11.3 Å². The van der Waals surface area contributed by atoms with Crippen LogP contribution in [0.15, 0.2) is 48.6 Å². The molecule has 0 fully saturated rings. The van der Waals surface area contributed by atoms with Gasteiger partial charge in [-0.1, -0.05) is 48.9 Å². The number of unbranched alkanes of at least 4 members (excludes halogenated alkanes) is 2. The van der Waals surface area contributed by atoms with Crippen LogP contribution in [-0.2, 0) is 17.6 Å². The van der Waals surface area contributed by atoms with Crippen LogP contribution in [0.25, 0.3) is 16.5 Å². The minimum Gasteiger partial charge on any atom is -0.289 e. The summed E-state index contributed by atoms with van der Waals surface area (Å²) < 4.78 is 0. The summed E-state index contributed by atoms with van der Waals surface area (Å²) in [5.41, 5.74) is 5.68. The predicted molar refractivity (Wildman–Crippen MR) is 104 cm³/mol. The van der Waals surface area contributed by atoms with Gasteiger partial charge in [0, 0.05) is 16.2 Å². The molecule has 4 heteroatoms. The normalized spacial score (nSPS) is 12.7. The molecule has 1 heterocycles. The van der Waals surface area contributed by atoms with Gasteiger partial charge in [0.25, 0.3) is 0 Å². The van der Waals surface area contributed by atoms with Crippen molar-refractivity contribution >= 4 is 23.3 Å². The Morgan fingerprint density at radius 1 is 1.12 bits per heavy atom. The van der Waals surface area contributed by atoms with Crippen LogP contribution in [0.4, 0.5) is 0 Å². The van der Waals surface area contributed by atoms with Crippen molar-refractivity contribution < 1.29 is 10.0 Å². The van der Waals surface area contributed by atoms with Gasteiger partial charge in [0.15, 0.2) is 0 Å². The largest absolute Gasteiger partial charge is 0.289 e. The van der Waals surface area contributed by atoms with Crippen LogP contribution in [0.1, 0.15) is 41.7 Å². The van der Waals surface area contributed by atoms with Crippen molar-refractivity contribution in [3.8, 4) is 10.4 Å². The van der Waals surface area contributed by atoms with Crippen LogP contribution in [0.5, 0.6) is 0 Å². The number of carbonyl (C=O) groups is 1. The van der Waals surface area contributed by atoms with E-state index in [1.165, 1.54) is 26.4 Å². The monoisotopic (exact) mass is 353 g/mol. The molecule has 3 nitrogen and oxygen atoms in total. The van der Waals surface area contributed by atoms with Crippen molar-refractivity contribution in [1.29, 1.82) is 0 Å². The average Bonchev–Trinajstić information content (AvgIpc) is 2.92. The lowest BCUT2D eigenvalue weighted by Gasteiger charge is -2.03. The fourth-order valence-corrected chi connectivity index (χ4v) is 4.10. The second kappa shape index (κ2) is 8.79. The topological polar surface area (TPSA) is 49.3 Å². The fourth-order valence-electron chi connectivity index (χ4n) is 2.99. The van der Waals surface area contributed by atoms with E-state index in [1.54, 1.807) is 5.48 Å². The number of thiophene rings is 1. The summed E-state index contributed by atoms with van der Waals surface area (Å²) in [6.45, 7) is 0. The highest BCUT2D eigenvalue weighted by Gasteiger charge is 2.09. The van der Waals surface area contributed by atoms with Crippen molar-refractivity contribution in [2.24, 2.45) is 0 Å². The molecule has 0 unspecified atom stereocenters. The molecule has 3 rings (SSSR count). The third kappa shape index (κ3) is 4.91. The third-order valence-electron chi connectivity index (χ3n) is 4.41. The smallest absolute Gasteiger partial charge is 0.243 e. The van der Waals surface area contributed by atoms with Gasteiger partial charge in [0.1, 0.15) is 0 Å². The van der Waals surface area contributed by atoms with Crippen molar-refractivity contribution in [2.45, 2.75) is 38.5 Å². The zero-order valence-corrected chi connectivity index (χ0v) is 15.0. The molecule has 1 aliphatic carbocycles. The van der Waals surface area contributed by atoms with Crippen LogP contribution in [0.3, 0.4) is 0 Å². The molecule has 0 bridgehead atoms. The standard InChI is InChI=1S/C21H23NO2S/c23-21(22-24)10-6-1-3-7-16-11-13-17(14-12-16)20-15-18-8-4-2-5-9-19(18)25-20/h2,4-5,9,11-15,24H,1,3,6-8,10H2,(H,22,23). The summed E-state index contributed by atoms with van der Waals surface area (Å²) >= 11 is 1.85. The maximum Gasteiger partial charge on any atom is 0.243 e. The molecule has 2 N–H and O–H groups in total. The second-order valence-electron chi connectivity index (χ2n) is 6.28. The number of benzene rings is 1. The highest BCUT2D eigenvalue weighted by Crippen LogP contribution is 2.34. The first-order chi connectivity index (χ1) is 12.3. The summed E-state index contributed by atoms with van der Waals surface area (Å²) in [6, 6.07) is 11.1. The Kier molecular flexibility index (Phi) is 6.20. The van der Waals surface area contributed by atoms with E-state index in [1.807, 2.05) is 11.3 Å². The van der Waals surface area contributed by atoms with Crippen molar-refractivity contribution in [3.63, 3.8) is 0 Å². The Morgan fingerprint density at radius 2 is 1.96 bits per heavy atom. The molecule has 2 aromatic rings. The number of rotatable bonds is 7. The SMILES string of the molecule is O=C(CCCCCc1ccc(-c2cc3c(s2)C=CC=CC3)cc1)NO. The van der Waals surface area contributed by atoms with E-state index < -0.39 is 0 Å². The summed E-state index contributed by atoms with van der Waals surface area (Å²) in [7, 11) is 0. The summed E-state index contributed by atoms with van der Waals surface area (Å²) in [4.78, 5) is 13.6.